The zero-order valence-electron chi connectivity index (χ0n) is 68.1. The van der Waals surface area contributed by atoms with Crippen LogP contribution in [0.5, 0.6) is 5.75 Å². The lowest BCUT2D eigenvalue weighted by Gasteiger charge is -2.43. The van der Waals surface area contributed by atoms with Gasteiger partial charge in [-0.3, -0.25) is 14.4 Å². The number of allylic oxidation sites excluding steroid dienone is 3. The first-order valence-electron chi connectivity index (χ1n) is 39.3. The zero-order valence-corrected chi connectivity index (χ0v) is 68.9. The van der Waals surface area contributed by atoms with Gasteiger partial charge in [0.1, 0.15) is 17.1 Å². The number of nitrogens with one attached hydrogen (secondary N) is 2. The Morgan fingerprint density at radius 1 is 0.547 bits per heavy atom. The van der Waals surface area contributed by atoms with Gasteiger partial charge in [0.25, 0.3) is 11.8 Å². The molecule has 7 N–H and O–H groups in total. The van der Waals surface area contributed by atoms with E-state index in [9.17, 15) is 44.7 Å². The van der Waals surface area contributed by atoms with Crippen LogP contribution in [-0.2, 0) is 19.5 Å². The number of benzene rings is 11. The van der Waals surface area contributed by atoms with Gasteiger partial charge in [-0.25, -0.2) is 9.59 Å². The third-order valence-electron chi connectivity index (χ3n) is 23.3. The third kappa shape index (κ3) is 14.7. The Bertz CT molecular complexity index is 6310. The van der Waals surface area contributed by atoms with E-state index < -0.39 is 29.6 Å². The van der Waals surface area contributed by atoms with E-state index in [-0.39, 0.29) is 86.0 Å². The first kappa shape index (κ1) is 79.5. The average molecular weight is 1580 g/mol. The number of aromatic hydroxyl groups is 1. The average Bonchev–Trinajstić information content (AvgIpc) is 0.701. The number of carbonyl (C=O) groups is 4. The van der Waals surface area contributed by atoms with Crippen LogP contribution < -0.4 is 46.1 Å². The summed E-state index contributed by atoms with van der Waals surface area (Å²) in [4.78, 5) is 81.0. The van der Waals surface area contributed by atoms with Crippen molar-refractivity contribution >= 4 is 91.5 Å². The molecule has 0 aromatic heterocycles. The van der Waals surface area contributed by atoms with Crippen LogP contribution in [0.4, 0.5) is 22.7 Å². The molecule has 0 saturated carbocycles. The fourth-order valence-electron chi connectivity index (χ4n) is 17.6. The van der Waals surface area contributed by atoms with E-state index in [1.54, 1.807) is 36.4 Å². The standard InChI is InChI=1S/C99H94N6O11S/c1-15-80-77-45-63-43-64-46-81-74(55(4)51-99(7,8)105(81)16-2)49-76(64)88(75(63)48-73(77)54(3)50-98(80,5)6)89-86(59-25-34-67(35-26-59)104(13)14)92(85(58-23-32-66(33-24-58)103(11)12)84(90(89)97(114)115)57-21-30-65(31-22-57)102(9)10)117-69-37-27-61(28-38-69)93(108)100-52-56-17-19-60(20-18-56)94(109)101-53-79-82(107)42-41-72-87(71-40-36-68(106)47-83(71)116-91(72)79)78-44-62(95(110)111)29-39-70(78)96(112)113/h17-42,44-51,95,106,110-111H,15-16,43,52-53H2,1-14H3,(H,100,108)(H,101,109)(H,112,113)(H,114,115). The maximum atomic E-state index is 15.8. The van der Waals surface area contributed by atoms with Crippen molar-refractivity contribution in [2.24, 2.45) is 5.41 Å². The SMILES string of the molecule is CCC1=c2cc3c(cc2C(C)=CC1(C)C)=C(c1c(C(=O)O)c(-c2ccc(N(C)C)cc2)c(-c2ccc(N(C)C)cc2)c(Sc2ccc(C(=O)NCc4ccc(C(=O)NCc5c6oc7cc(O)ccc7c(-c7cc(C(O)O)ccc7C(=O)O)c-6ccc5=O)cc4)cc2)c1-c1ccc(N(C)C)cc1)c1cc2c(cc1C3)N(CC)C(C)(C)C=C2C. The molecule has 0 atom stereocenters. The summed E-state index contributed by atoms with van der Waals surface area (Å²) in [5.41, 5.74) is 20.0. The highest BCUT2D eigenvalue weighted by Gasteiger charge is 2.39. The summed E-state index contributed by atoms with van der Waals surface area (Å²) in [7, 11) is 12.0. The maximum Gasteiger partial charge on any atom is 0.337 e. The molecule has 0 saturated heterocycles. The fraction of sp³-hybridized carbons (Fsp3) is 0.222. The number of aliphatic hydroxyl groups excluding tert-OH is 1. The summed E-state index contributed by atoms with van der Waals surface area (Å²) < 4.78 is 6.30. The second kappa shape index (κ2) is 31.1. The van der Waals surface area contributed by atoms with Crippen LogP contribution in [0.1, 0.15) is 160 Å². The van der Waals surface area contributed by atoms with Gasteiger partial charge in [0, 0.05) is 160 Å². The molecular formula is C99H94N6O11S. The van der Waals surface area contributed by atoms with E-state index in [0.29, 0.717) is 39.6 Å². The smallest absolute Gasteiger partial charge is 0.337 e. The first-order valence-corrected chi connectivity index (χ1v) is 40.1. The molecule has 0 fully saturated rings. The van der Waals surface area contributed by atoms with Crippen molar-refractivity contribution in [3.63, 3.8) is 0 Å². The van der Waals surface area contributed by atoms with Crippen molar-refractivity contribution in [2.45, 2.75) is 103 Å². The summed E-state index contributed by atoms with van der Waals surface area (Å²) in [5, 5.41) is 62.6. The van der Waals surface area contributed by atoms with Crippen molar-refractivity contribution < 1.29 is 49.1 Å². The summed E-state index contributed by atoms with van der Waals surface area (Å²) in [5.74, 6) is -3.43. The number of likely N-dealkylation sites (N-methyl/N-ethyl adjacent to an activating group) is 1. The van der Waals surface area contributed by atoms with Crippen molar-refractivity contribution in [1.82, 2.24) is 10.6 Å². The molecule has 0 bridgehead atoms. The van der Waals surface area contributed by atoms with Crippen LogP contribution in [-0.4, -0.2) is 104 Å². The highest BCUT2D eigenvalue weighted by molar-refractivity contribution is 7.99. The Morgan fingerprint density at radius 2 is 1.12 bits per heavy atom. The van der Waals surface area contributed by atoms with Gasteiger partial charge >= 0.3 is 11.9 Å². The molecule has 117 heavy (non-hydrogen) atoms. The van der Waals surface area contributed by atoms with E-state index in [1.165, 1.54) is 71.1 Å². The quantitative estimate of drug-likeness (QED) is 0.0262. The van der Waals surface area contributed by atoms with Crippen LogP contribution in [0.3, 0.4) is 0 Å². The number of aromatic carboxylic acids is 2. The summed E-state index contributed by atoms with van der Waals surface area (Å²) in [6.45, 7) is 18.5. The molecule has 10 aromatic carbocycles. The molecule has 15 rings (SSSR count). The molecule has 10 aromatic rings. The molecular weight excluding hydrogens is 1480 g/mol. The van der Waals surface area contributed by atoms with Gasteiger partial charge in [0.05, 0.1) is 28.8 Å². The second-order valence-corrected chi connectivity index (χ2v) is 33.4. The number of phenols is 1. The normalized spacial score (nSPS) is 13.8. The predicted molar refractivity (Wildman–Crippen MR) is 471 cm³/mol. The highest BCUT2D eigenvalue weighted by atomic mass is 32.2. The van der Waals surface area contributed by atoms with E-state index in [0.717, 1.165) is 123 Å². The number of fused-ring (bicyclic) bond motifs is 6. The molecule has 0 unspecified atom stereocenters. The molecule has 2 amide bonds. The van der Waals surface area contributed by atoms with Crippen LogP contribution in [0.2, 0.25) is 0 Å². The Hall–Kier alpha value is -12.7. The predicted octanol–water partition coefficient (Wildman–Crippen LogP) is 18.0. The molecule has 2 heterocycles. The highest BCUT2D eigenvalue weighted by Crippen LogP contribution is 2.56. The molecule has 3 aliphatic carbocycles. The van der Waals surface area contributed by atoms with Gasteiger partial charge in [-0.05, 0) is 252 Å². The molecule has 0 spiro atoms. The van der Waals surface area contributed by atoms with Crippen LogP contribution >= 0.6 is 11.8 Å². The number of anilines is 4. The maximum absolute atomic E-state index is 15.8. The van der Waals surface area contributed by atoms with Crippen LogP contribution in [0, 0.1) is 5.41 Å². The Balaban J connectivity index is 0.836. The fourth-order valence-corrected chi connectivity index (χ4v) is 18.8. The number of carboxylic acids is 2. The second-order valence-electron chi connectivity index (χ2n) is 32.3. The number of hydrogen-bond acceptors (Lipinski definition) is 14. The van der Waals surface area contributed by atoms with Gasteiger partial charge in [-0.1, -0.05) is 111 Å². The van der Waals surface area contributed by atoms with Crippen LogP contribution in [0.15, 0.2) is 225 Å². The number of amides is 2. The van der Waals surface area contributed by atoms with E-state index in [2.05, 4.69) is 178 Å². The molecule has 592 valence electrons. The van der Waals surface area contributed by atoms with Crippen molar-refractivity contribution in [3.8, 4) is 61.6 Å². The summed E-state index contributed by atoms with van der Waals surface area (Å²) >= 11 is 1.53. The molecule has 0 radical (unpaired) electrons. The minimum atomic E-state index is -1.94. The number of hydrogen-bond donors (Lipinski definition) is 7. The monoisotopic (exact) mass is 1570 g/mol. The van der Waals surface area contributed by atoms with Gasteiger partial charge < -0.3 is 60.2 Å². The lowest BCUT2D eigenvalue weighted by molar-refractivity contribution is -0.0425. The molecule has 2 aliphatic heterocycles. The Kier molecular flexibility index (Phi) is 21.1. The first-order chi connectivity index (χ1) is 55.8. The van der Waals surface area contributed by atoms with Crippen molar-refractivity contribution in [2.75, 3.05) is 68.4 Å². The largest absolute Gasteiger partial charge is 0.508 e. The van der Waals surface area contributed by atoms with Gasteiger partial charge in [-0.2, -0.15) is 0 Å². The third-order valence-corrected chi connectivity index (χ3v) is 24.4. The molecule has 5 aliphatic rings. The van der Waals surface area contributed by atoms with Gasteiger partial charge in [-0.15, -0.1) is 0 Å². The number of carbonyl (C=O) groups excluding carboxylic acids is 2. The lowest BCUT2D eigenvalue weighted by atomic mass is 9.72. The lowest BCUT2D eigenvalue weighted by Crippen LogP contribution is -2.45. The Labute approximate surface area is 684 Å². The number of carboxylic acid groups (broad SMARTS) is 2. The van der Waals surface area contributed by atoms with Crippen LogP contribution in [0.25, 0.3) is 89.1 Å². The minimum absolute atomic E-state index is 0.0109. The summed E-state index contributed by atoms with van der Waals surface area (Å²) in [6.07, 6.45) is 4.27. The Morgan fingerprint density at radius 3 is 1.68 bits per heavy atom. The molecule has 17 nitrogen and oxygen atoms in total. The molecule has 18 heteroatoms. The number of phenolic OH excluding ortho intramolecular Hbond substituents is 1. The van der Waals surface area contributed by atoms with Crippen molar-refractivity contribution in [3.05, 3.63) is 299 Å². The van der Waals surface area contributed by atoms with E-state index in [1.807, 2.05) is 71.5 Å². The number of aliphatic hydroxyl groups is 2. The van der Waals surface area contributed by atoms with Gasteiger partial charge in [0.15, 0.2) is 11.7 Å². The summed E-state index contributed by atoms with van der Waals surface area (Å²) in [6, 6.07) is 59.5. The minimum Gasteiger partial charge on any atom is -0.508 e. The number of rotatable bonds is 21. The van der Waals surface area contributed by atoms with Crippen molar-refractivity contribution in [1.29, 1.82) is 0 Å². The van der Waals surface area contributed by atoms with E-state index in [4.69, 9.17) is 4.42 Å². The number of nitrogens with zero attached hydrogens (tertiary/aromatic N) is 4. The zero-order chi connectivity index (χ0) is 83.1. The van der Waals surface area contributed by atoms with Gasteiger partial charge in [0.2, 0.25) is 0 Å². The van der Waals surface area contributed by atoms with E-state index >= 15 is 4.79 Å². The topological polar surface area (TPSA) is 237 Å².